The number of aliphatic carboxylic acids is 1. The molecule has 1 heterocycles. The molecular weight excluding hydrogens is 270 g/mol. The first-order chi connectivity index (χ1) is 9.65. The number of carboxylic acids is 1. The standard InChI is InChI=1S/C16H15NO2S/c1-10-4-2-3-5-12(10)16-17-15(11-6-7-11)13(20-16)8-9-14(18)19/h2-5,8-9,11H,6-7H2,1H3,(H,18,19)/b9-8+. The van der Waals surface area contributed by atoms with E-state index in [0.29, 0.717) is 5.92 Å². The van der Waals surface area contributed by atoms with Gasteiger partial charge in [0.2, 0.25) is 0 Å². The van der Waals surface area contributed by atoms with E-state index in [1.54, 1.807) is 17.4 Å². The molecule has 0 spiro atoms. The van der Waals surface area contributed by atoms with Crippen LogP contribution in [-0.2, 0) is 4.79 Å². The van der Waals surface area contributed by atoms with Gasteiger partial charge < -0.3 is 5.11 Å². The van der Waals surface area contributed by atoms with Crippen molar-refractivity contribution in [2.75, 3.05) is 0 Å². The smallest absolute Gasteiger partial charge is 0.328 e. The van der Waals surface area contributed by atoms with E-state index in [4.69, 9.17) is 10.1 Å². The van der Waals surface area contributed by atoms with Crippen molar-refractivity contribution in [2.45, 2.75) is 25.7 Å². The molecule has 1 aromatic carbocycles. The van der Waals surface area contributed by atoms with Crippen LogP contribution in [0.15, 0.2) is 30.3 Å². The lowest BCUT2D eigenvalue weighted by Crippen LogP contribution is -1.87. The van der Waals surface area contributed by atoms with Gasteiger partial charge >= 0.3 is 5.97 Å². The Balaban J connectivity index is 2.03. The molecule has 1 aliphatic carbocycles. The van der Waals surface area contributed by atoms with Crippen molar-refractivity contribution in [3.05, 3.63) is 46.5 Å². The number of nitrogens with zero attached hydrogens (tertiary/aromatic N) is 1. The SMILES string of the molecule is Cc1ccccc1-c1nc(C2CC2)c(/C=C/C(=O)O)s1. The molecule has 0 amide bonds. The molecule has 2 aromatic rings. The minimum atomic E-state index is -0.919. The molecule has 0 unspecified atom stereocenters. The van der Waals surface area contributed by atoms with Crippen LogP contribution in [0.1, 0.15) is 34.9 Å². The van der Waals surface area contributed by atoms with Gasteiger partial charge in [-0.1, -0.05) is 24.3 Å². The molecule has 20 heavy (non-hydrogen) atoms. The topological polar surface area (TPSA) is 50.2 Å². The second-order valence-electron chi connectivity index (χ2n) is 5.03. The third-order valence-corrected chi connectivity index (χ3v) is 4.47. The first kappa shape index (κ1) is 13.1. The Morgan fingerprint density at radius 1 is 1.40 bits per heavy atom. The van der Waals surface area contributed by atoms with E-state index < -0.39 is 5.97 Å². The van der Waals surface area contributed by atoms with Crippen LogP contribution in [0.25, 0.3) is 16.6 Å². The van der Waals surface area contributed by atoms with Crippen molar-refractivity contribution in [3.8, 4) is 10.6 Å². The molecule has 0 saturated heterocycles. The van der Waals surface area contributed by atoms with Crippen LogP contribution in [-0.4, -0.2) is 16.1 Å². The lowest BCUT2D eigenvalue weighted by Gasteiger charge is -2.00. The molecule has 0 bridgehead atoms. The van der Waals surface area contributed by atoms with E-state index in [1.807, 2.05) is 12.1 Å². The summed E-state index contributed by atoms with van der Waals surface area (Å²) < 4.78 is 0. The van der Waals surface area contributed by atoms with Crippen molar-refractivity contribution in [2.24, 2.45) is 0 Å². The summed E-state index contributed by atoms with van der Waals surface area (Å²) >= 11 is 1.58. The summed E-state index contributed by atoms with van der Waals surface area (Å²) in [6.07, 6.45) is 5.19. The van der Waals surface area contributed by atoms with Crippen molar-refractivity contribution in [1.82, 2.24) is 4.98 Å². The van der Waals surface area contributed by atoms with Gasteiger partial charge in [-0.15, -0.1) is 11.3 Å². The van der Waals surface area contributed by atoms with Gasteiger partial charge in [0, 0.05) is 17.6 Å². The summed E-state index contributed by atoms with van der Waals surface area (Å²) in [5.74, 6) is -0.407. The van der Waals surface area contributed by atoms with Gasteiger partial charge in [-0.05, 0) is 31.4 Å². The Labute approximate surface area is 121 Å². The molecule has 1 aliphatic rings. The Hall–Kier alpha value is -1.94. The van der Waals surface area contributed by atoms with Crippen LogP contribution >= 0.6 is 11.3 Å². The summed E-state index contributed by atoms with van der Waals surface area (Å²) in [4.78, 5) is 16.4. The van der Waals surface area contributed by atoms with Gasteiger partial charge in [0.1, 0.15) is 5.01 Å². The molecule has 3 nitrogen and oxygen atoms in total. The number of aryl methyl sites for hydroxylation is 1. The van der Waals surface area contributed by atoms with Crippen LogP contribution in [0.3, 0.4) is 0 Å². The average molecular weight is 285 g/mol. The molecule has 1 N–H and O–H groups in total. The van der Waals surface area contributed by atoms with Crippen LogP contribution in [0.2, 0.25) is 0 Å². The first-order valence-electron chi connectivity index (χ1n) is 6.63. The number of aromatic nitrogens is 1. The fraction of sp³-hybridized carbons (Fsp3) is 0.250. The average Bonchev–Trinajstić information content (AvgIpc) is 3.18. The lowest BCUT2D eigenvalue weighted by molar-refractivity contribution is -0.131. The summed E-state index contributed by atoms with van der Waals surface area (Å²) in [7, 11) is 0. The maximum Gasteiger partial charge on any atom is 0.328 e. The van der Waals surface area contributed by atoms with Crippen LogP contribution in [0.4, 0.5) is 0 Å². The quantitative estimate of drug-likeness (QED) is 0.861. The number of rotatable bonds is 4. The number of carboxylic acid groups (broad SMARTS) is 1. The fourth-order valence-corrected chi connectivity index (χ4v) is 3.33. The van der Waals surface area contributed by atoms with Crippen molar-refractivity contribution < 1.29 is 9.90 Å². The predicted molar refractivity (Wildman–Crippen MR) is 80.9 cm³/mol. The van der Waals surface area contributed by atoms with Crippen molar-refractivity contribution in [1.29, 1.82) is 0 Å². The summed E-state index contributed by atoms with van der Waals surface area (Å²) in [6.45, 7) is 2.07. The zero-order valence-electron chi connectivity index (χ0n) is 11.2. The van der Waals surface area contributed by atoms with Gasteiger partial charge in [0.05, 0.1) is 10.6 Å². The third-order valence-electron chi connectivity index (χ3n) is 3.40. The number of hydrogen-bond acceptors (Lipinski definition) is 3. The lowest BCUT2D eigenvalue weighted by atomic mass is 10.1. The summed E-state index contributed by atoms with van der Waals surface area (Å²) in [5, 5.41) is 9.77. The molecule has 102 valence electrons. The second kappa shape index (κ2) is 5.21. The minimum absolute atomic E-state index is 0.512. The zero-order valence-corrected chi connectivity index (χ0v) is 12.0. The number of benzene rings is 1. The van der Waals surface area contributed by atoms with E-state index in [-0.39, 0.29) is 0 Å². The molecule has 1 fully saturated rings. The monoisotopic (exact) mass is 285 g/mol. The van der Waals surface area contributed by atoms with Crippen LogP contribution in [0.5, 0.6) is 0 Å². The summed E-state index contributed by atoms with van der Waals surface area (Å²) in [6, 6.07) is 8.16. The molecule has 1 aromatic heterocycles. The van der Waals surface area contributed by atoms with Gasteiger partial charge in [0.25, 0.3) is 0 Å². The molecule has 4 heteroatoms. The summed E-state index contributed by atoms with van der Waals surface area (Å²) in [5.41, 5.74) is 3.39. The van der Waals surface area contributed by atoms with Crippen LogP contribution in [0, 0.1) is 6.92 Å². The van der Waals surface area contributed by atoms with Gasteiger partial charge in [-0.25, -0.2) is 9.78 Å². The maximum atomic E-state index is 10.7. The van der Waals surface area contributed by atoms with E-state index >= 15 is 0 Å². The molecule has 0 radical (unpaired) electrons. The van der Waals surface area contributed by atoms with Gasteiger partial charge in [0.15, 0.2) is 0 Å². The fourth-order valence-electron chi connectivity index (χ4n) is 2.19. The Bertz CT molecular complexity index is 684. The third kappa shape index (κ3) is 2.65. The number of thiazole rings is 1. The largest absolute Gasteiger partial charge is 0.478 e. The Kier molecular flexibility index (Phi) is 3.40. The normalized spacial score (nSPS) is 14.8. The highest BCUT2D eigenvalue weighted by molar-refractivity contribution is 7.16. The van der Waals surface area contributed by atoms with E-state index in [1.165, 1.54) is 11.6 Å². The van der Waals surface area contributed by atoms with Gasteiger partial charge in [-0.2, -0.15) is 0 Å². The Morgan fingerprint density at radius 2 is 2.15 bits per heavy atom. The van der Waals surface area contributed by atoms with Crippen LogP contribution < -0.4 is 0 Å². The first-order valence-corrected chi connectivity index (χ1v) is 7.44. The highest BCUT2D eigenvalue weighted by atomic mass is 32.1. The number of carbonyl (C=O) groups is 1. The molecular formula is C16H15NO2S. The predicted octanol–water partition coefficient (Wildman–Crippen LogP) is 4.09. The van der Waals surface area contributed by atoms with E-state index in [0.717, 1.165) is 34.0 Å². The highest BCUT2D eigenvalue weighted by Gasteiger charge is 2.29. The van der Waals surface area contributed by atoms with Crippen molar-refractivity contribution in [3.63, 3.8) is 0 Å². The zero-order chi connectivity index (χ0) is 14.1. The van der Waals surface area contributed by atoms with E-state index in [9.17, 15) is 4.79 Å². The van der Waals surface area contributed by atoms with Gasteiger partial charge in [-0.3, -0.25) is 0 Å². The highest BCUT2D eigenvalue weighted by Crippen LogP contribution is 2.44. The number of hydrogen-bond donors (Lipinski definition) is 1. The minimum Gasteiger partial charge on any atom is -0.478 e. The molecule has 3 rings (SSSR count). The second-order valence-corrected chi connectivity index (χ2v) is 6.06. The van der Waals surface area contributed by atoms with Crippen molar-refractivity contribution >= 4 is 23.4 Å². The Morgan fingerprint density at radius 3 is 2.80 bits per heavy atom. The van der Waals surface area contributed by atoms with E-state index in [2.05, 4.69) is 19.1 Å². The maximum absolute atomic E-state index is 10.7. The molecule has 0 atom stereocenters. The molecule has 0 aliphatic heterocycles. The molecule has 1 saturated carbocycles.